The van der Waals surface area contributed by atoms with Crippen LogP contribution in [0.3, 0.4) is 0 Å². The third-order valence-electron chi connectivity index (χ3n) is 3.07. The summed E-state index contributed by atoms with van der Waals surface area (Å²) in [6, 6.07) is 6.54. The van der Waals surface area contributed by atoms with Crippen LogP contribution in [0.15, 0.2) is 28.9 Å². The summed E-state index contributed by atoms with van der Waals surface area (Å²) in [5, 5.41) is 1.36. The molecule has 0 N–H and O–H groups in total. The quantitative estimate of drug-likeness (QED) is 0.662. The first-order valence-electron chi connectivity index (χ1n) is 6.45. The van der Waals surface area contributed by atoms with Crippen molar-refractivity contribution in [3.63, 3.8) is 0 Å². The van der Waals surface area contributed by atoms with Crippen molar-refractivity contribution in [3.05, 3.63) is 34.4 Å². The van der Waals surface area contributed by atoms with Gasteiger partial charge in [0.25, 0.3) is 0 Å². The molecule has 2 aromatic rings. The van der Waals surface area contributed by atoms with E-state index in [1.54, 1.807) is 0 Å². The van der Waals surface area contributed by atoms with Crippen molar-refractivity contribution in [1.29, 1.82) is 0 Å². The molecule has 98 valence electrons. The third-order valence-corrected chi connectivity index (χ3v) is 3.83. The van der Waals surface area contributed by atoms with E-state index in [0.717, 1.165) is 29.7 Å². The van der Waals surface area contributed by atoms with Gasteiger partial charge in [-0.05, 0) is 36.5 Å². The van der Waals surface area contributed by atoms with Gasteiger partial charge >= 0.3 is 0 Å². The van der Waals surface area contributed by atoms with Crippen LogP contribution in [0.4, 0.5) is 0 Å². The molecule has 2 rings (SSSR count). The van der Waals surface area contributed by atoms with Crippen LogP contribution in [0, 0.1) is 5.92 Å². The highest BCUT2D eigenvalue weighted by Gasteiger charge is 2.09. The average molecular weight is 329 g/mol. The molecule has 0 aliphatic heterocycles. The van der Waals surface area contributed by atoms with Crippen LogP contribution in [0.5, 0.6) is 0 Å². The summed E-state index contributed by atoms with van der Waals surface area (Å²) >= 11 is 9.36. The molecule has 0 aliphatic carbocycles. The first kappa shape index (κ1) is 14.0. The minimum Gasteiger partial charge on any atom is -0.347 e. The zero-order valence-electron chi connectivity index (χ0n) is 10.9. The number of halogens is 2. The van der Waals surface area contributed by atoms with E-state index < -0.39 is 0 Å². The van der Waals surface area contributed by atoms with Gasteiger partial charge in [0, 0.05) is 34.0 Å². The van der Waals surface area contributed by atoms with E-state index in [9.17, 15) is 0 Å². The molecular formula is C15H19BrClN. The van der Waals surface area contributed by atoms with Crippen molar-refractivity contribution < 1.29 is 0 Å². The van der Waals surface area contributed by atoms with E-state index in [2.05, 4.69) is 58.7 Å². The first-order chi connectivity index (χ1) is 8.61. The Morgan fingerprint density at radius 3 is 2.78 bits per heavy atom. The molecule has 0 spiro atoms. The predicted molar refractivity (Wildman–Crippen MR) is 83.5 cm³/mol. The Morgan fingerprint density at radius 1 is 1.33 bits per heavy atom. The molecule has 0 aliphatic rings. The molecule has 0 amide bonds. The van der Waals surface area contributed by atoms with E-state index in [4.69, 9.17) is 11.6 Å². The van der Waals surface area contributed by atoms with Gasteiger partial charge < -0.3 is 4.57 Å². The van der Waals surface area contributed by atoms with Gasteiger partial charge in [0.2, 0.25) is 0 Å². The largest absolute Gasteiger partial charge is 0.347 e. The van der Waals surface area contributed by atoms with Crippen molar-refractivity contribution in [2.45, 2.75) is 33.2 Å². The molecule has 0 radical (unpaired) electrons. The molecule has 18 heavy (non-hydrogen) atoms. The number of benzene rings is 1. The van der Waals surface area contributed by atoms with E-state index >= 15 is 0 Å². The summed E-state index contributed by atoms with van der Waals surface area (Å²) in [5.74, 6) is 1.38. The van der Waals surface area contributed by atoms with Gasteiger partial charge in [-0.1, -0.05) is 35.8 Å². The van der Waals surface area contributed by atoms with E-state index in [1.807, 2.05) is 0 Å². The second-order valence-corrected chi connectivity index (χ2v) is 6.45. The maximum absolute atomic E-state index is 5.80. The van der Waals surface area contributed by atoms with Gasteiger partial charge in [-0.25, -0.2) is 0 Å². The van der Waals surface area contributed by atoms with E-state index in [-0.39, 0.29) is 0 Å². The summed E-state index contributed by atoms with van der Waals surface area (Å²) in [4.78, 5) is 0. The third kappa shape index (κ3) is 3.10. The molecule has 0 saturated heterocycles. The second kappa shape index (κ2) is 6.12. The Bertz CT molecular complexity index is 531. The monoisotopic (exact) mass is 327 g/mol. The van der Waals surface area contributed by atoms with Crippen LogP contribution < -0.4 is 0 Å². The number of rotatable bonds is 5. The molecule has 1 nitrogen and oxygen atoms in total. The summed E-state index contributed by atoms with van der Waals surface area (Å²) in [7, 11) is 0. The van der Waals surface area contributed by atoms with Gasteiger partial charge in [0.15, 0.2) is 0 Å². The minimum absolute atomic E-state index is 0.653. The number of fused-ring (bicyclic) bond motifs is 1. The van der Waals surface area contributed by atoms with Crippen molar-refractivity contribution >= 4 is 38.4 Å². The standard InChI is InChI=1S/C15H19BrClN/c1-11(2)9-18-10-12(4-3-7-17)14-6-5-13(16)8-15(14)18/h5-6,8,10-11H,3-4,7,9H2,1-2H3. The molecule has 3 heteroatoms. The van der Waals surface area contributed by atoms with Crippen LogP contribution in [-0.2, 0) is 13.0 Å². The fourth-order valence-corrected chi connectivity index (χ4v) is 2.82. The molecule has 0 saturated carbocycles. The number of hydrogen-bond acceptors (Lipinski definition) is 0. The average Bonchev–Trinajstić information content (AvgIpc) is 2.64. The lowest BCUT2D eigenvalue weighted by Gasteiger charge is -2.08. The second-order valence-electron chi connectivity index (χ2n) is 5.15. The number of aryl methyl sites for hydroxylation is 1. The van der Waals surface area contributed by atoms with Crippen molar-refractivity contribution in [2.24, 2.45) is 5.92 Å². The van der Waals surface area contributed by atoms with Crippen LogP contribution >= 0.6 is 27.5 Å². The molecule has 1 aromatic heterocycles. The maximum atomic E-state index is 5.80. The lowest BCUT2D eigenvalue weighted by Crippen LogP contribution is -2.02. The summed E-state index contributed by atoms with van der Waals surface area (Å²) in [5.41, 5.74) is 2.74. The Hall–Kier alpha value is -0.470. The zero-order chi connectivity index (χ0) is 13.1. The summed E-state index contributed by atoms with van der Waals surface area (Å²) in [6.45, 7) is 5.57. The Labute approximate surface area is 122 Å². The Balaban J connectivity index is 2.45. The van der Waals surface area contributed by atoms with Gasteiger partial charge in [0.05, 0.1) is 0 Å². The summed E-state index contributed by atoms with van der Waals surface area (Å²) < 4.78 is 3.51. The molecule has 1 aromatic carbocycles. The minimum atomic E-state index is 0.653. The molecule has 0 fully saturated rings. The normalized spacial score (nSPS) is 11.6. The lowest BCUT2D eigenvalue weighted by atomic mass is 10.1. The van der Waals surface area contributed by atoms with Gasteiger partial charge in [-0.15, -0.1) is 11.6 Å². The van der Waals surface area contributed by atoms with Crippen LogP contribution in [-0.4, -0.2) is 10.4 Å². The Morgan fingerprint density at radius 2 is 2.11 bits per heavy atom. The number of alkyl halides is 1. The number of aromatic nitrogens is 1. The number of nitrogens with zero attached hydrogens (tertiary/aromatic N) is 1. The van der Waals surface area contributed by atoms with Crippen molar-refractivity contribution in [1.82, 2.24) is 4.57 Å². The maximum Gasteiger partial charge on any atom is 0.0494 e. The van der Waals surface area contributed by atoms with E-state index in [0.29, 0.717) is 5.92 Å². The molecule has 0 unspecified atom stereocenters. The van der Waals surface area contributed by atoms with Crippen molar-refractivity contribution in [2.75, 3.05) is 5.88 Å². The fourth-order valence-electron chi connectivity index (χ4n) is 2.34. The topological polar surface area (TPSA) is 4.93 Å². The van der Waals surface area contributed by atoms with E-state index in [1.165, 1.54) is 16.5 Å². The highest BCUT2D eigenvalue weighted by molar-refractivity contribution is 9.10. The zero-order valence-corrected chi connectivity index (χ0v) is 13.3. The van der Waals surface area contributed by atoms with Crippen molar-refractivity contribution in [3.8, 4) is 0 Å². The van der Waals surface area contributed by atoms with Gasteiger partial charge in [-0.2, -0.15) is 0 Å². The molecule has 0 atom stereocenters. The predicted octanol–water partition coefficient (Wildman–Crippen LogP) is 5.23. The van der Waals surface area contributed by atoms with Crippen LogP contribution in [0.2, 0.25) is 0 Å². The smallest absolute Gasteiger partial charge is 0.0494 e. The molecule has 1 heterocycles. The van der Waals surface area contributed by atoms with Gasteiger partial charge in [-0.3, -0.25) is 0 Å². The number of hydrogen-bond donors (Lipinski definition) is 0. The lowest BCUT2D eigenvalue weighted by molar-refractivity contribution is 0.534. The molecule has 0 bridgehead atoms. The highest BCUT2D eigenvalue weighted by Crippen LogP contribution is 2.26. The molecular weight excluding hydrogens is 310 g/mol. The Kier molecular flexibility index (Phi) is 4.74. The highest BCUT2D eigenvalue weighted by atomic mass is 79.9. The van der Waals surface area contributed by atoms with Crippen LogP contribution in [0.25, 0.3) is 10.9 Å². The fraction of sp³-hybridized carbons (Fsp3) is 0.467. The van der Waals surface area contributed by atoms with Gasteiger partial charge in [0.1, 0.15) is 0 Å². The summed E-state index contributed by atoms with van der Waals surface area (Å²) in [6.07, 6.45) is 4.40. The SMILES string of the molecule is CC(C)Cn1cc(CCCCl)c2ccc(Br)cc21. The first-order valence-corrected chi connectivity index (χ1v) is 7.78. The van der Waals surface area contributed by atoms with Crippen LogP contribution in [0.1, 0.15) is 25.8 Å².